The molecule has 0 aliphatic rings. The van der Waals surface area contributed by atoms with Gasteiger partial charge in [0.15, 0.2) is 0 Å². The first-order chi connectivity index (χ1) is 10.1. The van der Waals surface area contributed by atoms with Crippen LogP contribution in [0.5, 0.6) is 0 Å². The lowest BCUT2D eigenvalue weighted by Crippen LogP contribution is -2.04. The third-order valence-corrected chi connectivity index (χ3v) is 3.94. The van der Waals surface area contributed by atoms with Crippen molar-refractivity contribution in [2.24, 2.45) is 0 Å². The Balaban J connectivity index is 1.94. The molecule has 2 aromatic carbocycles. The topological polar surface area (TPSA) is 55.2 Å². The van der Waals surface area contributed by atoms with Crippen LogP contribution < -0.4 is 5.32 Å². The Morgan fingerprint density at radius 3 is 2.62 bits per heavy atom. The van der Waals surface area contributed by atoms with Gasteiger partial charge < -0.3 is 5.32 Å². The summed E-state index contributed by atoms with van der Waals surface area (Å²) in [7, 11) is 0. The summed E-state index contributed by atoms with van der Waals surface area (Å²) in [5.41, 5.74) is 2.86. The lowest BCUT2D eigenvalue weighted by molar-refractivity contribution is -0.385. The number of nitrogens with one attached hydrogen (secondary N) is 1. The Hall–Kier alpha value is -1.88. The van der Waals surface area contributed by atoms with E-state index in [0.717, 1.165) is 29.5 Å². The van der Waals surface area contributed by atoms with Gasteiger partial charge in [-0.25, -0.2) is 0 Å². The van der Waals surface area contributed by atoms with Crippen LogP contribution in [-0.4, -0.2) is 11.5 Å². The molecule has 0 saturated carbocycles. The van der Waals surface area contributed by atoms with Gasteiger partial charge in [-0.1, -0.05) is 30.3 Å². The van der Waals surface area contributed by atoms with E-state index in [1.165, 1.54) is 5.56 Å². The number of benzene rings is 2. The molecular formula is C16H17BrN2O2. The van der Waals surface area contributed by atoms with Crippen molar-refractivity contribution in [1.29, 1.82) is 0 Å². The van der Waals surface area contributed by atoms with Crippen LogP contribution >= 0.6 is 15.9 Å². The minimum absolute atomic E-state index is 0.142. The fraction of sp³-hybridized carbons (Fsp3) is 0.250. The summed E-state index contributed by atoms with van der Waals surface area (Å²) in [5, 5.41) is 14.2. The first-order valence-electron chi connectivity index (χ1n) is 6.80. The standard InChI is InChI=1S/C16H17BrN2O2/c1-12-10-14(17)15(11-16(12)19(20)21)18-9-5-8-13-6-3-2-4-7-13/h2-4,6-7,10-11,18H,5,8-9H2,1H3. The lowest BCUT2D eigenvalue weighted by atomic mass is 10.1. The molecule has 0 aliphatic heterocycles. The number of nitro groups is 1. The Bertz CT molecular complexity index is 630. The predicted molar refractivity (Wildman–Crippen MR) is 88.8 cm³/mol. The molecule has 2 aromatic rings. The summed E-state index contributed by atoms with van der Waals surface area (Å²) >= 11 is 3.44. The quantitative estimate of drug-likeness (QED) is 0.467. The molecule has 0 heterocycles. The van der Waals surface area contributed by atoms with Crippen molar-refractivity contribution in [3.8, 4) is 0 Å². The van der Waals surface area contributed by atoms with E-state index >= 15 is 0 Å². The highest BCUT2D eigenvalue weighted by Crippen LogP contribution is 2.30. The molecular weight excluding hydrogens is 332 g/mol. The van der Waals surface area contributed by atoms with Gasteiger partial charge in [0.2, 0.25) is 0 Å². The van der Waals surface area contributed by atoms with Gasteiger partial charge in [-0.05, 0) is 47.3 Å². The first-order valence-corrected chi connectivity index (χ1v) is 7.59. The number of halogens is 1. The van der Waals surface area contributed by atoms with E-state index in [1.54, 1.807) is 19.1 Å². The van der Waals surface area contributed by atoms with Crippen molar-refractivity contribution in [2.75, 3.05) is 11.9 Å². The van der Waals surface area contributed by atoms with Gasteiger partial charge in [0, 0.05) is 22.6 Å². The minimum Gasteiger partial charge on any atom is -0.384 e. The zero-order valence-corrected chi connectivity index (χ0v) is 13.4. The molecule has 0 amide bonds. The van der Waals surface area contributed by atoms with Crippen molar-refractivity contribution in [1.82, 2.24) is 0 Å². The fourth-order valence-electron chi connectivity index (χ4n) is 2.15. The molecule has 0 atom stereocenters. The van der Waals surface area contributed by atoms with Gasteiger partial charge in [0.05, 0.1) is 10.6 Å². The van der Waals surface area contributed by atoms with Crippen molar-refractivity contribution in [3.05, 3.63) is 68.2 Å². The SMILES string of the molecule is Cc1cc(Br)c(NCCCc2ccccc2)cc1[N+](=O)[O-]. The number of aryl methyl sites for hydroxylation is 2. The summed E-state index contributed by atoms with van der Waals surface area (Å²) in [6.07, 6.45) is 1.96. The largest absolute Gasteiger partial charge is 0.384 e. The molecule has 2 rings (SSSR count). The van der Waals surface area contributed by atoms with Crippen LogP contribution in [0.2, 0.25) is 0 Å². The Morgan fingerprint density at radius 1 is 1.24 bits per heavy atom. The first kappa shape index (κ1) is 15.5. The van der Waals surface area contributed by atoms with E-state index in [1.807, 2.05) is 18.2 Å². The molecule has 5 heteroatoms. The number of hydrogen-bond donors (Lipinski definition) is 1. The minimum atomic E-state index is -0.350. The van der Waals surface area contributed by atoms with Gasteiger partial charge in [-0.3, -0.25) is 10.1 Å². The Labute approximate surface area is 132 Å². The molecule has 0 aromatic heterocycles. The van der Waals surface area contributed by atoms with E-state index in [9.17, 15) is 10.1 Å². The maximum absolute atomic E-state index is 11.0. The van der Waals surface area contributed by atoms with Gasteiger partial charge >= 0.3 is 0 Å². The van der Waals surface area contributed by atoms with Crippen molar-refractivity contribution >= 4 is 27.3 Å². The summed E-state index contributed by atoms with van der Waals surface area (Å²) in [5.74, 6) is 0. The van der Waals surface area contributed by atoms with Crippen LogP contribution in [-0.2, 0) is 6.42 Å². The number of nitro benzene ring substituents is 1. The molecule has 1 N–H and O–H groups in total. The second-order valence-electron chi connectivity index (χ2n) is 4.89. The molecule has 0 saturated heterocycles. The van der Waals surface area contributed by atoms with Crippen LogP contribution in [0.25, 0.3) is 0 Å². The molecule has 0 unspecified atom stereocenters. The van der Waals surface area contributed by atoms with Crippen molar-refractivity contribution in [3.63, 3.8) is 0 Å². The Kier molecular flexibility index (Phi) is 5.33. The summed E-state index contributed by atoms with van der Waals surface area (Å²) in [6, 6.07) is 13.6. The summed E-state index contributed by atoms with van der Waals surface area (Å²) in [4.78, 5) is 10.6. The second kappa shape index (κ2) is 7.22. The van der Waals surface area contributed by atoms with E-state index in [4.69, 9.17) is 0 Å². The van der Waals surface area contributed by atoms with Gasteiger partial charge in [-0.2, -0.15) is 0 Å². The number of rotatable bonds is 6. The fourth-order valence-corrected chi connectivity index (χ4v) is 2.75. The van der Waals surface area contributed by atoms with Crippen LogP contribution in [0.1, 0.15) is 17.5 Å². The van der Waals surface area contributed by atoms with Crippen LogP contribution in [0.3, 0.4) is 0 Å². The molecule has 0 fully saturated rings. The van der Waals surface area contributed by atoms with Gasteiger partial charge in [0.1, 0.15) is 0 Å². The highest BCUT2D eigenvalue weighted by atomic mass is 79.9. The molecule has 0 bridgehead atoms. The monoisotopic (exact) mass is 348 g/mol. The van der Waals surface area contributed by atoms with Crippen LogP contribution in [0, 0.1) is 17.0 Å². The van der Waals surface area contributed by atoms with Gasteiger partial charge in [0.25, 0.3) is 5.69 Å². The number of hydrogen-bond acceptors (Lipinski definition) is 3. The zero-order chi connectivity index (χ0) is 15.2. The van der Waals surface area contributed by atoms with E-state index in [-0.39, 0.29) is 10.6 Å². The van der Waals surface area contributed by atoms with E-state index in [0.29, 0.717) is 5.56 Å². The highest BCUT2D eigenvalue weighted by molar-refractivity contribution is 9.10. The maximum atomic E-state index is 11.0. The molecule has 0 aliphatic carbocycles. The lowest BCUT2D eigenvalue weighted by Gasteiger charge is -2.10. The zero-order valence-electron chi connectivity index (χ0n) is 11.8. The number of nitrogens with zero attached hydrogens (tertiary/aromatic N) is 1. The van der Waals surface area contributed by atoms with Crippen LogP contribution in [0.15, 0.2) is 46.9 Å². The second-order valence-corrected chi connectivity index (χ2v) is 5.75. The molecule has 4 nitrogen and oxygen atoms in total. The Morgan fingerprint density at radius 2 is 1.95 bits per heavy atom. The predicted octanol–water partition coefficient (Wildman–Crippen LogP) is 4.71. The summed E-state index contributed by atoms with van der Waals surface area (Å²) in [6.45, 7) is 2.51. The third kappa shape index (κ3) is 4.29. The smallest absolute Gasteiger partial charge is 0.274 e. The number of anilines is 1. The average molecular weight is 349 g/mol. The van der Waals surface area contributed by atoms with Crippen molar-refractivity contribution in [2.45, 2.75) is 19.8 Å². The van der Waals surface area contributed by atoms with Crippen molar-refractivity contribution < 1.29 is 4.92 Å². The summed E-state index contributed by atoms with van der Waals surface area (Å²) < 4.78 is 0.852. The van der Waals surface area contributed by atoms with E-state index < -0.39 is 0 Å². The molecule has 0 radical (unpaired) electrons. The van der Waals surface area contributed by atoms with E-state index in [2.05, 4.69) is 33.4 Å². The molecule has 21 heavy (non-hydrogen) atoms. The van der Waals surface area contributed by atoms with Crippen LogP contribution in [0.4, 0.5) is 11.4 Å². The highest BCUT2D eigenvalue weighted by Gasteiger charge is 2.13. The average Bonchev–Trinajstić information content (AvgIpc) is 2.46. The third-order valence-electron chi connectivity index (χ3n) is 3.28. The van der Waals surface area contributed by atoms with Gasteiger partial charge in [-0.15, -0.1) is 0 Å². The molecule has 110 valence electrons. The molecule has 0 spiro atoms. The normalized spacial score (nSPS) is 10.4. The maximum Gasteiger partial charge on any atom is 0.274 e.